The molecule has 0 aromatic carbocycles. The van der Waals surface area contributed by atoms with Crippen LogP contribution in [-0.4, -0.2) is 36.6 Å². The van der Waals surface area contributed by atoms with E-state index >= 15 is 0 Å². The summed E-state index contributed by atoms with van der Waals surface area (Å²) in [6, 6.07) is 0.553. The summed E-state index contributed by atoms with van der Waals surface area (Å²) in [4.78, 5) is 6.88. The maximum absolute atomic E-state index is 4.67. The van der Waals surface area contributed by atoms with Crippen LogP contribution < -0.4 is 5.32 Å². The van der Waals surface area contributed by atoms with E-state index in [1.54, 1.807) is 11.3 Å². The molecule has 98 valence electrons. The number of aromatic nitrogens is 1. The lowest BCUT2D eigenvalue weighted by Crippen LogP contribution is -2.35. The van der Waals surface area contributed by atoms with Crippen LogP contribution in [0.15, 0.2) is 5.38 Å². The van der Waals surface area contributed by atoms with Crippen molar-refractivity contribution in [1.82, 2.24) is 15.2 Å². The molecule has 0 aliphatic rings. The normalized spacial score (nSPS) is 14.3. The van der Waals surface area contributed by atoms with Crippen LogP contribution in [0.25, 0.3) is 0 Å². The Labute approximate surface area is 109 Å². The Morgan fingerprint density at radius 2 is 2.06 bits per heavy atom. The van der Waals surface area contributed by atoms with E-state index in [0.717, 1.165) is 13.1 Å². The second-order valence-corrected chi connectivity index (χ2v) is 6.76. The Bertz CT molecular complexity index is 339. The summed E-state index contributed by atoms with van der Waals surface area (Å²) in [5, 5.41) is 6.81. The van der Waals surface area contributed by atoms with Crippen LogP contribution in [0.1, 0.15) is 38.4 Å². The summed E-state index contributed by atoms with van der Waals surface area (Å²) in [5.74, 6) is 0. The van der Waals surface area contributed by atoms with Gasteiger partial charge in [-0.05, 0) is 21.0 Å². The minimum absolute atomic E-state index is 0.158. The standard InChI is InChI=1S/C13H25N3S/c1-10(16(5)6)7-14-8-12-15-11(9-17-12)13(2,3)4/h9-10,14H,7-8H2,1-6H3. The van der Waals surface area contributed by atoms with Gasteiger partial charge in [0.25, 0.3) is 0 Å². The molecule has 1 unspecified atom stereocenters. The highest BCUT2D eigenvalue weighted by molar-refractivity contribution is 7.09. The first-order chi connectivity index (χ1) is 7.80. The van der Waals surface area contributed by atoms with Crippen molar-refractivity contribution in [3.63, 3.8) is 0 Å². The highest BCUT2D eigenvalue weighted by Crippen LogP contribution is 2.23. The molecule has 17 heavy (non-hydrogen) atoms. The zero-order valence-electron chi connectivity index (χ0n) is 11.9. The molecule has 1 heterocycles. The van der Waals surface area contributed by atoms with E-state index in [2.05, 4.69) is 62.4 Å². The molecule has 0 aliphatic heterocycles. The Hall–Kier alpha value is -0.450. The summed E-state index contributed by atoms with van der Waals surface area (Å²) in [6.45, 7) is 10.7. The molecular formula is C13H25N3S. The predicted molar refractivity (Wildman–Crippen MR) is 75.7 cm³/mol. The maximum atomic E-state index is 4.67. The van der Waals surface area contributed by atoms with Crippen LogP contribution in [-0.2, 0) is 12.0 Å². The van der Waals surface area contributed by atoms with Gasteiger partial charge >= 0.3 is 0 Å². The first-order valence-corrected chi connectivity index (χ1v) is 7.00. The maximum Gasteiger partial charge on any atom is 0.107 e. The van der Waals surface area contributed by atoms with E-state index in [9.17, 15) is 0 Å². The third-order valence-corrected chi connectivity index (χ3v) is 3.77. The summed E-state index contributed by atoms with van der Waals surface area (Å²) in [7, 11) is 4.21. The van der Waals surface area contributed by atoms with E-state index in [1.165, 1.54) is 10.7 Å². The monoisotopic (exact) mass is 255 g/mol. The molecule has 4 heteroatoms. The lowest BCUT2D eigenvalue weighted by molar-refractivity contribution is 0.302. The second kappa shape index (κ2) is 5.94. The topological polar surface area (TPSA) is 28.2 Å². The van der Waals surface area contributed by atoms with Gasteiger partial charge in [-0.3, -0.25) is 0 Å². The summed E-state index contributed by atoms with van der Waals surface area (Å²) in [5.41, 5.74) is 1.35. The number of rotatable bonds is 5. The SMILES string of the molecule is CC(CNCc1nc(C(C)(C)C)cs1)N(C)C. The average Bonchev–Trinajstić information content (AvgIpc) is 2.65. The Kier molecular flexibility index (Phi) is 5.10. The molecule has 0 radical (unpaired) electrons. The molecule has 1 rings (SSSR count). The Balaban J connectivity index is 2.41. The Morgan fingerprint density at radius 1 is 1.41 bits per heavy atom. The molecule has 1 atom stereocenters. The predicted octanol–water partition coefficient (Wildman–Crippen LogP) is 2.48. The number of nitrogens with zero attached hydrogens (tertiary/aromatic N) is 2. The van der Waals surface area contributed by atoms with Gasteiger partial charge < -0.3 is 10.2 Å². The van der Waals surface area contributed by atoms with E-state index in [0.29, 0.717) is 6.04 Å². The van der Waals surface area contributed by atoms with Crippen LogP contribution in [0.5, 0.6) is 0 Å². The van der Waals surface area contributed by atoms with Gasteiger partial charge in [-0.25, -0.2) is 4.98 Å². The molecule has 1 aromatic heterocycles. The molecule has 0 aliphatic carbocycles. The first-order valence-electron chi connectivity index (χ1n) is 6.12. The van der Waals surface area contributed by atoms with Gasteiger partial charge in [-0.1, -0.05) is 20.8 Å². The van der Waals surface area contributed by atoms with Crippen LogP contribution >= 0.6 is 11.3 Å². The average molecular weight is 255 g/mol. The quantitative estimate of drug-likeness (QED) is 0.876. The van der Waals surface area contributed by atoms with Crippen molar-refractivity contribution in [2.24, 2.45) is 0 Å². The number of nitrogens with one attached hydrogen (secondary N) is 1. The molecule has 3 nitrogen and oxygen atoms in total. The van der Waals surface area contributed by atoms with Gasteiger partial charge in [0.15, 0.2) is 0 Å². The molecule has 1 aromatic rings. The number of thiazole rings is 1. The molecule has 1 N–H and O–H groups in total. The molecule has 0 saturated heterocycles. The highest BCUT2D eigenvalue weighted by atomic mass is 32.1. The van der Waals surface area contributed by atoms with Gasteiger partial charge in [0.05, 0.1) is 5.69 Å². The van der Waals surface area contributed by atoms with Crippen LogP contribution in [0.4, 0.5) is 0 Å². The molecule has 0 amide bonds. The smallest absolute Gasteiger partial charge is 0.107 e. The third kappa shape index (κ3) is 4.74. The second-order valence-electron chi connectivity index (χ2n) is 5.82. The van der Waals surface area contributed by atoms with Crippen molar-refractivity contribution in [3.05, 3.63) is 16.1 Å². The lowest BCUT2D eigenvalue weighted by Gasteiger charge is -2.19. The first kappa shape index (κ1) is 14.6. The van der Waals surface area contributed by atoms with E-state index in [4.69, 9.17) is 0 Å². The summed E-state index contributed by atoms with van der Waals surface area (Å²) in [6.07, 6.45) is 0. The fourth-order valence-corrected chi connectivity index (χ4v) is 2.30. The van der Waals surface area contributed by atoms with Crippen molar-refractivity contribution >= 4 is 11.3 Å². The fraction of sp³-hybridized carbons (Fsp3) is 0.769. The number of hydrogen-bond donors (Lipinski definition) is 1. The Morgan fingerprint density at radius 3 is 2.53 bits per heavy atom. The van der Waals surface area contributed by atoms with Gasteiger partial charge in [0.2, 0.25) is 0 Å². The molecule has 0 saturated carbocycles. The number of hydrogen-bond acceptors (Lipinski definition) is 4. The van der Waals surface area contributed by atoms with Crippen molar-refractivity contribution < 1.29 is 0 Å². The van der Waals surface area contributed by atoms with Crippen molar-refractivity contribution in [3.8, 4) is 0 Å². The molecule has 0 spiro atoms. The van der Waals surface area contributed by atoms with Gasteiger partial charge in [-0.2, -0.15) is 0 Å². The summed E-state index contributed by atoms with van der Waals surface area (Å²) < 4.78 is 0. The number of likely N-dealkylation sites (N-methyl/N-ethyl adjacent to an activating group) is 1. The van der Waals surface area contributed by atoms with E-state index < -0.39 is 0 Å². The summed E-state index contributed by atoms with van der Waals surface area (Å²) >= 11 is 1.75. The zero-order valence-corrected chi connectivity index (χ0v) is 12.7. The molecular weight excluding hydrogens is 230 g/mol. The van der Waals surface area contributed by atoms with Crippen molar-refractivity contribution in [1.29, 1.82) is 0 Å². The lowest BCUT2D eigenvalue weighted by atomic mass is 9.93. The minimum Gasteiger partial charge on any atom is -0.309 e. The minimum atomic E-state index is 0.158. The molecule has 0 bridgehead atoms. The highest BCUT2D eigenvalue weighted by Gasteiger charge is 2.17. The van der Waals surface area contributed by atoms with Gasteiger partial charge in [0, 0.05) is 29.9 Å². The van der Waals surface area contributed by atoms with Gasteiger partial charge in [-0.15, -0.1) is 11.3 Å². The van der Waals surface area contributed by atoms with Crippen LogP contribution in [0.2, 0.25) is 0 Å². The van der Waals surface area contributed by atoms with Crippen LogP contribution in [0.3, 0.4) is 0 Å². The van der Waals surface area contributed by atoms with Gasteiger partial charge in [0.1, 0.15) is 5.01 Å². The van der Waals surface area contributed by atoms with E-state index in [-0.39, 0.29) is 5.41 Å². The molecule has 0 fully saturated rings. The fourth-order valence-electron chi connectivity index (χ4n) is 1.31. The van der Waals surface area contributed by atoms with Crippen molar-refractivity contribution in [2.75, 3.05) is 20.6 Å². The zero-order chi connectivity index (χ0) is 13.1. The largest absolute Gasteiger partial charge is 0.309 e. The van der Waals surface area contributed by atoms with Crippen LogP contribution in [0, 0.1) is 0 Å². The van der Waals surface area contributed by atoms with E-state index in [1.807, 2.05) is 0 Å². The third-order valence-electron chi connectivity index (χ3n) is 2.92. The van der Waals surface area contributed by atoms with Crippen molar-refractivity contribution in [2.45, 2.75) is 45.7 Å².